The molecule has 0 heterocycles. The minimum Gasteiger partial charge on any atom is -0.504 e. The Morgan fingerprint density at radius 1 is 0.872 bits per heavy atom. The van der Waals surface area contributed by atoms with Crippen molar-refractivity contribution in [3.8, 4) is 11.5 Å². The van der Waals surface area contributed by atoms with E-state index in [1.54, 1.807) is 12.1 Å². The van der Waals surface area contributed by atoms with Crippen molar-refractivity contribution in [3.63, 3.8) is 0 Å². The fourth-order valence-corrected chi connectivity index (χ4v) is 4.93. The molecular formula is C35H44O4. The highest BCUT2D eigenvalue weighted by atomic mass is 16.5. The van der Waals surface area contributed by atoms with E-state index in [1.165, 1.54) is 50.7 Å². The summed E-state index contributed by atoms with van der Waals surface area (Å²) < 4.78 is 5.38. The maximum Gasteiger partial charge on any atom is 0.163 e. The van der Waals surface area contributed by atoms with Gasteiger partial charge in [0.15, 0.2) is 17.3 Å². The summed E-state index contributed by atoms with van der Waals surface area (Å²) in [5.41, 5.74) is 2.53. The summed E-state index contributed by atoms with van der Waals surface area (Å²) in [7, 11) is 1.51. The number of aromatic hydroxyl groups is 1. The molecule has 0 radical (unpaired) electrons. The first kappa shape index (κ1) is 30.1. The summed E-state index contributed by atoms with van der Waals surface area (Å²) in [6.45, 7) is 4.54. The summed E-state index contributed by atoms with van der Waals surface area (Å²) >= 11 is 0. The average Bonchev–Trinajstić information content (AvgIpc) is 2.92. The highest BCUT2D eigenvalue weighted by molar-refractivity contribution is 6.06. The monoisotopic (exact) mass is 528 g/mol. The molecule has 0 atom stereocenters. The van der Waals surface area contributed by atoms with Gasteiger partial charge in [-0.05, 0) is 52.4 Å². The highest BCUT2D eigenvalue weighted by Crippen LogP contribution is 2.34. The van der Waals surface area contributed by atoms with E-state index >= 15 is 0 Å². The maximum absolute atomic E-state index is 12.4. The van der Waals surface area contributed by atoms with Crippen molar-refractivity contribution < 1.29 is 19.4 Å². The van der Waals surface area contributed by atoms with Crippen LogP contribution in [0, 0.1) is 5.92 Å². The Labute approximate surface area is 234 Å². The molecule has 39 heavy (non-hydrogen) atoms. The molecule has 0 bridgehead atoms. The molecule has 0 saturated carbocycles. The van der Waals surface area contributed by atoms with Crippen molar-refractivity contribution >= 4 is 28.4 Å². The van der Waals surface area contributed by atoms with Crippen LogP contribution in [0.1, 0.15) is 94.7 Å². The largest absolute Gasteiger partial charge is 0.504 e. The van der Waals surface area contributed by atoms with E-state index in [1.807, 2.05) is 18.2 Å². The molecular weight excluding hydrogens is 484 g/mol. The van der Waals surface area contributed by atoms with Gasteiger partial charge in [-0.2, -0.15) is 0 Å². The topological polar surface area (TPSA) is 63.6 Å². The number of phenols is 1. The number of allylic oxidation sites excluding steroid dienone is 1. The van der Waals surface area contributed by atoms with Gasteiger partial charge in [0.25, 0.3) is 0 Å². The lowest BCUT2D eigenvalue weighted by Gasteiger charge is -2.11. The molecule has 4 nitrogen and oxygen atoms in total. The molecule has 0 aromatic heterocycles. The number of phenolic OH excluding ortho intramolecular Hbond substituents is 1. The predicted octanol–water partition coefficient (Wildman–Crippen LogP) is 8.85. The minimum absolute atomic E-state index is 0.00173. The maximum atomic E-state index is 12.4. The minimum atomic E-state index is -0.201. The third-order valence-electron chi connectivity index (χ3n) is 7.17. The summed E-state index contributed by atoms with van der Waals surface area (Å²) in [6, 6.07) is 18.0. The number of carbonyl (C=O) groups is 2. The SMILES string of the molecule is COc1cc(C=CC(=O)CC(=O)CCCCCCCCCC(C)C)cc(Cc2ccc3ccccc3c2)c1O. The number of Topliss-reactive ketones (excluding diaryl/α,β-unsaturated/α-hetero) is 1. The number of methoxy groups -OCH3 is 1. The van der Waals surface area contributed by atoms with Gasteiger partial charge in [-0.1, -0.05) is 107 Å². The van der Waals surface area contributed by atoms with Crippen LogP contribution >= 0.6 is 0 Å². The van der Waals surface area contributed by atoms with Crippen LogP contribution in [0.4, 0.5) is 0 Å². The first-order valence-electron chi connectivity index (χ1n) is 14.5. The number of hydrogen-bond donors (Lipinski definition) is 1. The van der Waals surface area contributed by atoms with Crippen molar-refractivity contribution in [1.29, 1.82) is 0 Å². The molecule has 0 unspecified atom stereocenters. The number of rotatable bonds is 17. The highest BCUT2D eigenvalue weighted by Gasteiger charge is 2.12. The molecule has 0 spiro atoms. The van der Waals surface area contributed by atoms with Gasteiger partial charge in [-0.25, -0.2) is 0 Å². The van der Waals surface area contributed by atoms with E-state index in [0.29, 0.717) is 24.2 Å². The van der Waals surface area contributed by atoms with Gasteiger partial charge in [-0.15, -0.1) is 0 Å². The van der Waals surface area contributed by atoms with E-state index in [-0.39, 0.29) is 23.7 Å². The molecule has 208 valence electrons. The van der Waals surface area contributed by atoms with Gasteiger partial charge in [0.2, 0.25) is 0 Å². The van der Waals surface area contributed by atoms with E-state index in [0.717, 1.165) is 41.7 Å². The molecule has 0 aliphatic heterocycles. The quantitative estimate of drug-likeness (QED) is 0.108. The molecule has 4 heteroatoms. The van der Waals surface area contributed by atoms with Crippen molar-refractivity contribution in [2.75, 3.05) is 7.11 Å². The first-order chi connectivity index (χ1) is 18.9. The van der Waals surface area contributed by atoms with Gasteiger partial charge < -0.3 is 9.84 Å². The smallest absolute Gasteiger partial charge is 0.163 e. The Morgan fingerprint density at radius 2 is 1.56 bits per heavy atom. The summed E-state index contributed by atoms with van der Waals surface area (Å²) in [4.78, 5) is 24.7. The zero-order valence-electron chi connectivity index (χ0n) is 23.9. The summed E-state index contributed by atoms with van der Waals surface area (Å²) in [5, 5.41) is 13.0. The van der Waals surface area contributed by atoms with Crippen LogP contribution in [0.3, 0.4) is 0 Å². The summed E-state index contributed by atoms with van der Waals surface area (Å²) in [6.07, 6.45) is 13.6. The second-order valence-electron chi connectivity index (χ2n) is 11.0. The van der Waals surface area contributed by atoms with Gasteiger partial charge in [0, 0.05) is 18.4 Å². The van der Waals surface area contributed by atoms with Gasteiger partial charge in [-0.3, -0.25) is 9.59 Å². The lowest BCUT2D eigenvalue weighted by atomic mass is 9.98. The third kappa shape index (κ3) is 10.4. The molecule has 0 saturated heterocycles. The molecule has 0 aliphatic rings. The van der Waals surface area contributed by atoms with Crippen molar-refractivity contribution in [2.45, 2.75) is 84.5 Å². The molecule has 3 aromatic rings. The number of carbonyl (C=O) groups excluding carboxylic acids is 2. The molecule has 0 amide bonds. The van der Waals surface area contributed by atoms with E-state index < -0.39 is 0 Å². The Kier molecular flexibility index (Phi) is 12.3. The lowest BCUT2D eigenvalue weighted by molar-refractivity contribution is -0.124. The number of unbranched alkanes of at least 4 members (excludes halogenated alkanes) is 6. The van der Waals surface area contributed by atoms with Crippen LogP contribution in [0.25, 0.3) is 16.8 Å². The van der Waals surface area contributed by atoms with Crippen LogP contribution < -0.4 is 4.74 Å². The zero-order chi connectivity index (χ0) is 28.0. The van der Waals surface area contributed by atoms with Gasteiger partial charge in [0.1, 0.15) is 5.78 Å². The molecule has 1 N–H and O–H groups in total. The molecule has 3 rings (SSSR count). The Morgan fingerprint density at radius 3 is 2.28 bits per heavy atom. The predicted molar refractivity (Wildman–Crippen MR) is 161 cm³/mol. The molecule has 3 aromatic carbocycles. The molecule has 0 fully saturated rings. The van der Waals surface area contributed by atoms with Gasteiger partial charge >= 0.3 is 0 Å². The standard InChI is InChI=1S/C35H44O4/c1-26(2)13-9-7-5-4-6-8-10-16-32(36)25-33(37)20-18-28-23-31(35(38)34(24-28)39-3)22-27-17-19-29-14-11-12-15-30(29)21-27/h11-12,14-15,17-21,23-24,26,38H,4-10,13,16,22,25H2,1-3H3. The van der Waals surface area contributed by atoms with Crippen LogP contribution in [0.5, 0.6) is 11.5 Å². The average molecular weight is 529 g/mol. The number of ketones is 2. The van der Waals surface area contributed by atoms with Gasteiger partial charge in [0.05, 0.1) is 13.5 Å². The van der Waals surface area contributed by atoms with E-state index in [9.17, 15) is 14.7 Å². The second kappa shape index (κ2) is 15.9. The van der Waals surface area contributed by atoms with Crippen LogP contribution in [0.15, 0.2) is 60.7 Å². The second-order valence-corrected chi connectivity index (χ2v) is 11.0. The van der Waals surface area contributed by atoms with Crippen LogP contribution in [-0.2, 0) is 16.0 Å². The fraction of sp³-hybridized carbons (Fsp3) is 0.429. The zero-order valence-corrected chi connectivity index (χ0v) is 23.9. The molecule has 0 aliphatic carbocycles. The number of ether oxygens (including phenoxy) is 1. The third-order valence-corrected chi connectivity index (χ3v) is 7.17. The number of benzene rings is 3. The number of fused-ring (bicyclic) bond motifs is 1. The Balaban J connectivity index is 1.48. The number of hydrogen-bond acceptors (Lipinski definition) is 4. The van der Waals surface area contributed by atoms with Crippen molar-refractivity contribution in [2.24, 2.45) is 5.92 Å². The van der Waals surface area contributed by atoms with E-state index in [4.69, 9.17) is 4.74 Å². The summed E-state index contributed by atoms with van der Waals surface area (Å²) in [5.74, 6) is 1.04. The van der Waals surface area contributed by atoms with Crippen molar-refractivity contribution in [1.82, 2.24) is 0 Å². The van der Waals surface area contributed by atoms with E-state index in [2.05, 4.69) is 44.2 Å². The first-order valence-corrected chi connectivity index (χ1v) is 14.5. The normalized spacial score (nSPS) is 11.5. The Bertz CT molecular complexity index is 1250. The lowest BCUT2D eigenvalue weighted by Crippen LogP contribution is -2.05. The van der Waals surface area contributed by atoms with Crippen LogP contribution in [0.2, 0.25) is 0 Å². The van der Waals surface area contributed by atoms with Crippen molar-refractivity contribution in [3.05, 3.63) is 77.4 Å². The van der Waals surface area contributed by atoms with Crippen LogP contribution in [-0.4, -0.2) is 23.8 Å². The fourth-order valence-electron chi connectivity index (χ4n) is 4.93. The Hall–Kier alpha value is -3.40.